The summed E-state index contributed by atoms with van der Waals surface area (Å²) >= 11 is 1.18. The molecule has 0 aliphatic carbocycles. The zero-order valence-electron chi connectivity index (χ0n) is 21.0. The number of nitrogens with one attached hydrogen (secondary N) is 1. The molecule has 200 valence electrons. The highest BCUT2D eigenvalue weighted by Gasteiger charge is 2.30. The van der Waals surface area contributed by atoms with Gasteiger partial charge in [-0.3, -0.25) is 13.9 Å². The number of benzene rings is 2. The number of para-hydroxylation sites is 1. The van der Waals surface area contributed by atoms with E-state index in [9.17, 15) is 22.8 Å². The summed E-state index contributed by atoms with van der Waals surface area (Å²) in [6.45, 7) is 4.57. The summed E-state index contributed by atoms with van der Waals surface area (Å²) < 4.78 is 32.8. The average molecular weight is 557 g/mol. The van der Waals surface area contributed by atoms with Crippen LogP contribution in [0.1, 0.15) is 45.0 Å². The second-order valence-electron chi connectivity index (χ2n) is 8.43. The van der Waals surface area contributed by atoms with Gasteiger partial charge in [-0.15, -0.1) is 11.3 Å². The molecule has 2 heterocycles. The van der Waals surface area contributed by atoms with Crippen LogP contribution in [0.25, 0.3) is 0 Å². The highest BCUT2D eigenvalue weighted by molar-refractivity contribution is 7.92. The van der Waals surface area contributed by atoms with Gasteiger partial charge in [-0.25, -0.2) is 13.2 Å². The van der Waals surface area contributed by atoms with Crippen molar-refractivity contribution in [2.45, 2.75) is 31.7 Å². The number of hydrogen-bond donors (Lipinski definition) is 2. The van der Waals surface area contributed by atoms with Gasteiger partial charge in [0.15, 0.2) is 0 Å². The van der Waals surface area contributed by atoms with Crippen molar-refractivity contribution >= 4 is 50.0 Å². The highest BCUT2D eigenvalue weighted by Crippen LogP contribution is 2.37. The van der Waals surface area contributed by atoms with Crippen LogP contribution in [0.5, 0.6) is 0 Å². The summed E-state index contributed by atoms with van der Waals surface area (Å²) in [7, 11) is -3.84. The first-order valence-corrected chi connectivity index (χ1v) is 14.3. The molecule has 1 aliphatic heterocycles. The Morgan fingerprint density at radius 1 is 1.08 bits per heavy atom. The van der Waals surface area contributed by atoms with Gasteiger partial charge < -0.3 is 20.7 Å². The smallest absolute Gasteiger partial charge is 0.410 e. The standard InChI is InChI=1S/C26H28N4O6S2/c1-3-30(18-8-6-5-7-9-18)38(34,35)19-12-10-17(11-13-19)24(32)28-25-22(23(27)31)20-14-15-29(16-21(20)37-25)26(33)36-4-2/h5-13H,3-4,14-16H2,1-2H3,(H2,27,31)(H,28,32). The summed E-state index contributed by atoms with van der Waals surface area (Å²) in [5, 5.41) is 3.02. The van der Waals surface area contributed by atoms with Gasteiger partial charge in [-0.2, -0.15) is 0 Å². The minimum Gasteiger partial charge on any atom is -0.450 e. The number of sulfonamides is 1. The maximum atomic E-state index is 13.2. The molecule has 0 radical (unpaired) electrons. The number of rotatable bonds is 8. The summed E-state index contributed by atoms with van der Waals surface area (Å²) in [5.41, 5.74) is 7.32. The molecule has 4 rings (SSSR count). The average Bonchev–Trinajstić information content (AvgIpc) is 3.27. The van der Waals surface area contributed by atoms with Crippen molar-refractivity contribution in [3.63, 3.8) is 0 Å². The van der Waals surface area contributed by atoms with Crippen LogP contribution >= 0.6 is 11.3 Å². The number of carbonyl (C=O) groups excluding carboxylic acids is 3. The number of ether oxygens (including phenoxy) is 1. The molecule has 1 aromatic heterocycles. The molecule has 0 saturated heterocycles. The predicted molar refractivity (Wildman–Crippen MR) is 145 cm³/mol. The number of hydrogen-bond acceptors (Lipinski definition) is 7. The van der Waals surface area contributed by atoms with Crippen LogP contribution in [-0.4, -0.2) is 50.9 Å². The van der Waals surface area contributed by atoms with E-state index in [0.29, 0.717) is 24.2 Å². The molecule has 12 heteroatoms. The number of carbonyl (C=O) groups is 3. The molecule has 2 aromatic carbocycles. The molecular weight excluding hydrogens is 528 g/mol. The molecule has 3 aromatic rings. The van der Waals surface area contributed by atoms with Gasteiger partial charge in [0.1, 0.15) is 5.00 Å². The molecule has 0 spiro atoms. The molecule has 0 bridgehead atoms. The third kappa shape index (κ3) is 5.36. The van der Waals surface area contributed by atoms with Crippen molar-refractivity contribution in [1.82, 2.24) is 4.90 Å². The highest BCUT2D eigenvalue weighted by atomic mass is 32.2. The zero-order chi connectivity index (χ0) is 27.4. The fraction of sp³-hybridized carbons (Fsp3) is 0.269. The van der Waals surface area contributed by atoms with E-state index in [1.165, 1.54) is 44.8 Å². The van der Waals surface area contributed by atoms with Crippen LogP contribution in [-0.2, 0) is 27.7 Å². The fourth-order valence-corrected chi connectivity index (χ4v) is 7.03. The lowest BCUT2D eigenvalue weighted by Crippen LogP contribution is -2.36. The van der Waals surface area contributed by atoms with Crippen molar-refractivity contribution in [3.8, 4) is 0 Å². The number of primary amides is 1. The van der Waals surface area contributed by atoms with Gasteiger partial charge in [-0.05, 0) is 62.2 Å². The summed E-state index contributed by atoms with van der Waals surface area (Å²) in [5.74, 6) is -1.20. The van der Waals surface area contributed by atoms with E-state index in [1.807, 2.05) is 0 Å². The minimum absolute atomic E-state index is 0.0447. The molecule has 1 aliphatic rings. The first-order valence-electron chi connectivity index (χ1n) is 12.0. The molecule has 0 saturated carbocycles. The summed E-state index contributed by atoms with van der Waals surface area (Å²) in [6.07, 6.45) is -0.0394. The molecule has 0 atom stereocenters. The van der Waals surface area contributed by atoms with E-state index in [1.54, 1.807) is 44.2 Å². The van der Waals surface area contributed by atoms with Crippen LogP contribution < -0.4 is 15.4 Å². The van der Waals surface area contributed by atoms with Crippen LogP contribution in [0.15, 0.2) is 59.5 Å². The third-order valence-electron chi connectivity index (χ3n) is 6.09. The largest absolute Gasteiger partial charge is 0.450 e. The fourth-order valence-electron chi connectivity index (χ4n) is 4.29. The van der Waals surface area contributed by atoms with E-state index >= 15 is 0 Å². The molecule has 3 amide bonds. The topological polar surface area (TPSA) is 139 Å². The number of fused-ring (bicyclic) bond motifs is 1. The van der Waals surface area contributed by atoms with Crippen molar-refractivity contribution in [3.05, 3.63) is 76.2 Å². The predicted octanol–water partition coefficient (Wildman–Crippen LogP) is 3.83. The molecule has 10 nitrogen and oxygen atoms in total. The van der Waals surface area contributed by atoms with Crippen LogP contribution in [0, 0.1) is 0 Å². The maximum Gasteiger partial charge on any atom is 0.410 e. The normalized spacial score (nSPS) is 12.9. The van der Waals surface area contributed by atoms with E-state index in [2.05, 4.69) is 5.32 Å². The van der Waals surface area contributed by atoms with Gasteiger partial charge in [0.25, 0.3) is 21.8 Å². The number of nitrogens with zero attached hydrogens (tertiary/aromatic N) is 2. The first kappa shape index (κ1) is 27.1. The van der Waals surface area contributed by atoms with E-state index in [4.69, 9.17) is 10.5 Å². The lowest BCUT2D eigenvalue weighted by molar-refractivity contribution is 0.0997. The van der Waals surface area contributed by atoms with E-state index in [0.717, 1.165) is 4.88 Å². The number of thiophene rings is 1. The Bertz CT molecular complexity index is 1450. The Balaban J connectivity index is 1.55. The van der Waals surface area contributed by atoms with Crippen LogP contribution in [0.2, 0.25) is 0 Å². The van der Waals surface area contributed by atoms with Crippen molar-refractivity contribution in [1.29, 1.82) is 0 Å². The van der Waals surface area contributed by atoms with Gasteiger partial charge >= 0.3 is 6.09 Å². The van der Waals surface area contributed by atoms with Crippen molar-refractivity contribution < 1.29 is 27.5 Å². The second kappa shape index (κ2) is 11.2. The second-order valence-corrected chi connectivity index (χ2v) is 11.4. The third-order valence-corrected chi connectivity index (χ3v) is 9.14. The first-order chi connectivity index (χ1) is 18.2. The van der Waals surface area contributed by atoms with Crippen molar-refractivity contribution in [2.75, 3.05) is 29.3 Å². The molecule has 0 unspecified atom stereocenters. The lowest BCUT2D eigenvalue weighted by Gasteiger charge is -2.26. The Kier molecular flexibility index (Phi) is 8.02. The van der Waals surface area contributed by atoms with Gasteiger partial charge in [0, 0.05) is 23.5 Å². The number of anilines is 2. The SMILES string of the molecule is CCOC(=O)N1CCc2c(sc(NC(=O)c3ccc(S(=O)(=O)N(CC)c4ccccc4)cc3)c2C(N)=O)C1. The van der Waals surface area contributed by atoms with E-state index < -0.39 is 27.9 Å². The Morgan fingerprint density at radius 2 is 1.76 bits per heavy atom. The van der Waals surface area contributed by atoms with Gasteiger partial charge in [0.2, 0.25) is 0 Å². The molecule has 3 N–H and O–H groups in total. The molecule has 38 heavy (non-hydrogen) atoms. The maximum absolute atomic E-state index is 13.2. The monoisotopic (exact) mass is 556 g/mol. The number of nitrogens with two attached hydrogens (primary N) is 1. The Labute approximate surface area is 225 Å². The number of amides is 3. The summed E-state index contributed by atoms with van der Waals surface area (Å²) in [6, 6.07) is 14.3. The Hall–Kier alpha value is -3.90. The van der Waals surface area contributed by atoms with Gasteiger partial charge in [0.05, 0.1) is 29.3 Å². The van der Waals surface area contributed by atoms with Crippen LogP contribution in [0.4, 0.5) is 15.5 Å². The van der Waals surface area contributed by atoms with E-state index in [-0.39, 0.29) is 40.7 Å². The van der Waals surface area contributed by atoms with Crippen LogP contribution in [0.3, 0.4) is 0 Å². The summed E-state index contributed by atoms with van der Waals surface area (Å²) in [4.78, 5) is 39.7. The molecular formula is C26H28N4O6S2. The molecule has 0 fully saturated rings. The van der Waals surface area contributed by atoms with Gasteiger partial charge in [-0.1, -0.05) is 18.2 Å². The lowest BCUT2D eigenvalue weighted by atomic mass is 10.0. The zero-order valence-corrected chi connectivity index (χ0v) is 22.6. The Morgan fingerprint density at radius 3 is 2.37 bits per heavy atom. The quantitative estimate of drug-likeness (QED) is 0.432. The van der Waals surface area contributed by atoms with Crippen molar-refractivity contribution in [2.24, 2.45) is 5.73 Å². The minimum atomic E-state index is -3.84.